The highest BCUT2D eigenvalue weighted by Crippen LogP contribution is 2.30. The second-order valence-corrected chi connectivity index (χ2v) is 9.11. The molecule has 5 nitrogen and oxygen atoms in total. The lowest BCUT2D eigenvalue weighted by atomic mass is 10.0. The highest BCUT2D eigenvalue weighted by molar-refractivity contribution is 5.95. The van der Waals surface area contributed by atoms with Gasteiger partial charge in [-0.3, -0.25) is 9.59 Å². The molecule has 2 aromatic carbocycles. The predicted octanol–water partition coefficient (Wildman–Crippen LogP) is 4.56. The molecule has 4 rings (SSSR count). The van der Waals surface area contributed by atoms with Gasteiger partial charge in [-0.15, -0.1) is 0 Å². The molecule has 2 fully saturated rings. The van der Waals surface area contributed by atoms with Gasteiger partial charge in [-0.05, 0) is 61.4 Å². The lowest BCUT2D eigenvalue weighted by Gasteiger charge is -2.27. The van der Waals surface area contributed by atoms with Crippen LogP contribution in [-0.4, -0.2) is 31.1 Å². The maximum Gasteiger partial charge on any atom is 0.230 e. The van der Waals surface area contributed by atoms with Crippen molar-refractivity contribution in [2.24, 2.45) is 5.92 Å². The Balaban J connectivity index is 1.43. The van der Waals surface area contributed by atoms with Crippen LogP contribution >= 0.6 is 0 Å². The lowest BCUT2D eigenvalue weighted by molar-refractivity contribution is -0.122. The number of aryl methyl sites for hydroxylation is 1. The van der Waals surface area contributed by atoms with Crippen LogP contribution in [0.4, 0.5) is 5.69 Å². The van der Waals surface area contributed by atoms with Crippen LogP contribution in [-0.2, 0) is 27.3 Å². The van der Waals surface area contributed by atoms with Gasteiger partial charge >= 0.3 is 0 Å². The van der Waals surface area contributed by atoms with Crippen molar-refractivity contribution in [2.45, 2.75) is 64.5 Å². The summed E-state index contributed by atoms with van der Waals surface area (Å²) in [4.78, 5) is 27.6. The van der Waals surface area contributed by atoms with Gasteiger partial charge in [-0.2, -0.15) is 0 Å². The number of carbonyl (C=O) groups is 2. The SMILES string of the molecule is Cc1ccccc1CN(C(=O)C1CCCC1)c1ccc(CC(=O)NCC2CCCO2)cc1. The number of nitrogens with one attached hydrogen (secondary N) is 1. The van der Waals surface area contributed by atoms with E-state index in [0.717, 1.165) is 61.9 Å². The highest BCUT2D eigenvalue weighted by Gasteiger charge is 2.28. The average molecular weight is 435 g/mol. The zero-order chi connectivity index (χ0) is 22.3. The van der Waals surface area contributed by atoms with Gasteiger partial charge in [0, 0.05) is 24.8 Å². The summed E-state index contributed by atoms with van der Waals surface area (Å²) in [6.45, 7) is 4.03. The van der Waals surface area contributed by atoms with Gasteiger partial charge in [0.1, 0.15) is 0 Å². The van der Waals surface area contributed by atoms with Crippen molar-refractivity contribution in [1.29, 1.82) is 0 Å². The summed E-state index contributed by atoms with van der Waals surface area (Å²) < 4.78 is 5.57. The molecule has 0 bridgehead atoms. The van der Waals surface area contributed by atoms with Crippen LogP contribution in [0, 0.1) is 12.8 Å². The first-order valence-corrected chi connectivity index (χ1v) is 11.9. The Kier molecular flexibility index (Phi) is 7.59. The number of rotatable bonds is 8. The van der Waals surface area contributed by atoms with E-state index in [1.54, 1.807) is 0 Å². The summed E-state index contributed by atoms with van der Waals surface area (Å²) >= 11 is 0. The molecule has 2 amide bonds. The van der Waals surface area contributed by atoms with E-state index in [9.17, 15) is 9.59 Å². The summed E-state index contributed by atoms with van der Waals surface area (Å²) in [7, 11) is 0. The molecule has 1 aliphatic carbocycles. The first kappa shape index (κ1) is 22.5. The van der Waals surface area contributed by atoms with Crippen LogP contribution in [0.15, 0.2) is 48.5 Å². The number of nitrogens with zero attached hydrogens (tertiary/aromatic N) is 1. The van der Waals surface area contributed by atoms with Gasteiger partial charge in [0.05, 0.1) is 19.1 Å². The van der Waals surface area contributed by atoms with Gasteiger partial charge < -0.3 is 15.0 Å². The van der Waals surface area contributed by atoms with E-state index in [1.807, 2.05) is 41.3 Å². The molecule has 32 heavy (non-hydrogen) atoms. The van der Waals surface area contributed by atoms with Crippen molar-refractivity contribution >= 4 is 17.5 Å². The number of hydrogen-bond donors (Lipinski definition) is 1. The van der Waals surface area contributed by atoms with Gasteiger partial charge in [0.15, 0.2) is 0 Å². The monoisotopic (exact) mass is 434 g/mol. The number of anilines is 1. The van der Waals surface area contributed by atoms with Crippen LogP contribution in [0.5, 0.6) is 0 Å². The third-order valence-corrected chi connectivity index (χ3v) is 6.72. The van der Waals surface area contributed by atoms with Gasteiger partial charge in [0.2, 0.25) is 11.8 Å². The topological polar surface area (TPSA) is 58.6 Å². The fourth-order valence-electron chi connectivity index (χ4n) is 4.72. The van der Waals surface area contributed by atoms with Crippen molar-refractivity contribution in [1.82, 2.24) is 5.32 Å². The number of ether oxygens (including phenoxy) is 1. The molecule has 170 valence electrons. The molecule has 1 N–H and O–H groups in total. The van der Waals surface area contributed by atoms with Crippen LogP contribution in [0.1, 0.15) is 55.2 Å². The summed E-state index contributed by atoms with van der Waals surface area (Å²) in [5.74, 6) is 0.335. The normalized spacial score (nSPS) is 18.6. The van der Waals surface area contributed by atoms with E-state index in [-0.39, 0.29) is 23.8 Å². The minimum atomic E-state index is 0.00653. The highest BCUT2D eigenvalue weighted by atomic mass is 16.5. The zero-order valence-corrected chi connectivity index (χ0v) is 19.0. The summed E-state index contributed by atoms with van der Waals surface area (Å²) in [6, 6.07) is 16.1. The number of amides is 2. The van der Waals surface area contributed by atoms with Gasteiger partial charge in [-0.25, -0.2) is 0 Å². The Morgan fingerprint density at radius 1 is 1.00 bits per heavy atom. The molecule has 0 spiro atoms. The van der Waals surface area contributed by atoms with E-state index in [4.69, 9.17) is 4.74 Å². The first-order chi connectivity index (χ1) is 15.6. The maximum absolute atomic E-state index is 13.4. The smallest absolute Gasteiger partial charge is 0.230 e. The number of carbonyl (C=O) groups excluding carboxylic acids is 2. The lowest BCUT2D eigenvalue weighted by Crippen LogP contribution is -2.35. The molecule has 1 saturated heterocycles. The standard InChI is InChI=1S/C27H34N2O3/c1-20-7-2-3-10-23(20)19-29(27(31)22-8-4-5-9-22)24-14-12-21(13-15-24)17-26(30)28-18-25-11-6-16-32-25/h2-3,7,10,12-15,22,25H,4-6,8-9,11,16-19H2,1H3,(H,28,30). The van der Waals surface area contributed by atoms with Crippen molar-refractivity contribution in [3.63, 3.8) is 0 Å². The van der Waals surface area contributed by atoms with Crippen molar-refractivity contribution in [3.8, 4) is 0 Å². The summed E-state index contributed by atoms with van der Waals surface area (Å²) in [5, 5.41) is 2.98. The van der Waals surface area contributed by atoms with Crippen LogP contribution in [0.3, 0.4) is 0 Å². The second-order valence-electron chi connectivity index (χ2n) is 9.11. The largest absolute Gasteiger partial charge is 0.376 e. The molecule has 2 aromatic rings. The first-order valence-electron chi connectivity index (χ1n) is 11.9. The average Bonchev–Trinajstić information content (AvgIpc) is 3.52. The fraction of sp³-hybridized carbons (Fsp3) is 0.481. The Hall–Kier alpha value is -2.66. The Morgan fingerprint density at radius 3 is 2.44 bits per heavy atom. The predicted molar refractivity (Wildman–Crippen MR) is 126 cm³/mol. The Labute approximate surface area is 191 Å². The third-order valence-electron chi connectivity index (χ3n) is 6.72. The molecule has 1 aliphatic heterocycles. The molecular weight excluding hydrogens is 400 g/mol. The molecule has 0 radical (unpaired) electrons. The van der Waals surface area contributed by atoms with Crippen LogP contribution < -0.4 is 10.2 Å². The Morgan fingerprint density at radius 2 is 1.75 bits per heavy atom. The molecule has 1 saturated carbocycles. The number of hydrogen-bond acceptors (Lipinski definition) is 3. The minimum Gasteiger partial charge on any atom is -0.376 e. The molecule has 0 aromatic heterocycles. The Bertz CT molecular complexity index is 913. The van der Waals surface area contributed by atoms with Crippen LogP contribution in [0.25, 0.3) is 0 Å². The van der Waals surface area contributed by atoms with Crippen molar-refractivity contribution in [2.75, 3.05) is 18.1 Å². The van der Waals surface area contributed by atoms with Gasteiger partial charge in [0.25, 0.3) is 0 Å². The molecule has 1 heterocycles. The van der Waals surface area contributed by atoms with Crippen molar-refractivity contribution in [3.05, 3.63) is 65.2 Å². The van der Waals surface area contributed by atoms with E-state index >= 15 is 0 Å². The summed E-state index contributed by atoms with van der Waals surface area (Å²) in [5.41, 5.74) is 4.20. The number of benzene rings is 2. The molecule has 1 unspecified atom stereocenters. The van der Waals surface area contributed by atoms with E-state index in [1.165, 1.54) is 5.56 Å². The maximum atomic E-state index is 13.4. The molecule has 5 heteroatoms. The molecular formula is C27H34N2O3. The summed E-state index contributed by atoms with van der Waals surface area (Å²) in [6.07, 6.45) is 6.79. The van der Waals surface area contributed by atoms with Crippen LogP contribution in [0.2, 0.25) is 0 Å². The van der Waals surface area contributed by atoms with Crippen molar-refractivity contribution < 1.29 is 14.3 Å². The fourth-order valence-corrected chi connectivity index (χ4v) is 4.72. The molecule has 1 atom stereocenters. The minimum absolute atomic E-state index is 0.00653. The van der Waals surface area contributed by atoms with E-state index in [0.29, 0.717) is 19.5 Å². The third kappa shape index (κ3) is 5.77. The van der Waals surface area contributed by atoms with E-state index < -0.39 is 0 Å². The zero-order valence-electron chi connectivity index (χ0n) is 19.0. The van der Waals surface area contributed by atoms with Gasteiger partial charge in [-0.1, -0.05) is 49.2 Å². The quantitative estimate of drug-likeness (QED) is 0.663. The second kappa shape index (κ2) is 10.8. The molecule has 2 aliphatic rings. The van der Waals surface area contributed by atoms with E-state index in [2.05, 4.69) is 24.4 Å².